The van der Waals surface area contributed by atoms with Crippen molar-refractivity contribution in [2.45, 2.75) is 19.4 Å². The van der Waals surface area contributed by atoms with E-state index in [4.69, 9.17) is 0 Å². The Labute approximate surface area is 95.6 Å². The summed E-state index contributed by atoms with van der Waals surface area (Å²) in [6.45, 7) is 1.79. The summed E-state index contributed by atoms with van der Waals surface area (Å²) >= 11 is 0. The van der Waals surface area contributed by atoms with Crippen molar-refractivity contribution in [3.8, 4) is 11.1 Å². The minimum atomic E-state index is -0.341. The van der Waals surface area contributed by atoms with Crippen LogP contribution in [0.1, 0.15) is 12.5 Å². The highest BCUT2D eigenvalue weighted by Crippen LogP contribution is 2.23. The van der Waals surface area contributed by atoms with E-state index in [9.17, 15) is 5.11 Å². The predicted octanol–water partition coefficient (Wildman–Crippen LogP) is 2.67. The van der Waals surface area contributed by atoms with Crippen LogP contribution in [0.4, 0.5) is 0 Å². The molecule has 1 aromatic heterocycles. The second-order valence-electron chi connectivity index (χ2n) is 3.95. The van der Waals surface area contributed by atoms with Gasteiger partial charge in [0.15, 0.2) is 0 Å². The van der Waals surface area contributed by atoms with Crippen LogP contribution in [0.2, 0.25) is 0 Å². The number of hydrogen-bond donors (Lipinski definition) is 1. The van der Waals surface area contributed by atoms with E-state index in [1.807, 2.05) is 30.5 Å². The van der Waals surface area contributed by atoms with Crippen LogP contribution in [0.15, 0.2) is 48.8 Å². The van der Waals surface area contributed by atoms with Crippen molar-refractivity contribution < 1.29 is 5.11 Å². The van der Waals surface area contributed by atoms with E-state index in [2.05, 4.69) is 17.1 Å². The van der Waals surface area contributed by atoms with Crippen LogP contribution in [0, 0.1) is 0 Å². The smallest absolute Gasteiger partial charge is 0.0553 e. The van der Waals surface area contributed by atoms with E-state index in [-0.39, 0.29) is 6.10 Å². The standard InChI is InChI=1S/C14H15NO/c1-11(16)9-13-10-15-8-7-14(13)12-5-3-2-4-6-12/h2-8,10-11,16H,9H2,1H3. The molecule has 0 saturated heterocycles. The van der Waals surface area contributed by atoms with E-state index in [1.54, 1.807) is 13.1 Å². The Hall–Kier alpha value is -1.67. The fourth-order valence-electron chi connectivity index (χ4n) is 1.81. The largest absolute Gasteiger partial charge is 0.393 e. The van der Waals surface area contributed by atoms with E-state index < -0.39 is 0 Å². The van der Waals surface area contributed by atoms with Crippen LogP contribution in [-0.4, -0.2) is 16.2 Å². The Morgan fingerprint density at radius 3 is 2.62 bits per heavy atom. The minimum Gasteiger partial charge on any atom is -0.393 e. The van der Waals surface area contributed by atoms with E-state index in [0.717, 1.165) is 11.1 Å². The van der Waals surface area contributed by atoms with E-state index in [1.165, 1.54) is 5.56 Å². The van der Waals surface area contributed by atoms with Crippen LogP contribution < -0.4 is 0 Å². The third kappa shape index (κ3) is 2.47. The van der Waals surface area contributed by atoms with Gasteiger partial charge in [-0.15, -0.1) is 0 Å². The average molecular weight is 213 g/mol. The molecule has 0 fully saturated rings. The van der Waals surface area contributed by atoms with Crippen LogP contribution in [0.5, 0.6) is 0 Å². The number of pyridine rings is 1. The zero-order valence-electron chi connectivity index (χ0n) is 9.30. The van der Waals surface area contributed by atoms with Crippen LogP contribution in [-0.2, 0) is 6.42 Å². The molecular formula is C14H15NO. The summed E-state index contributed by atoms with van der Waals surface area (Å²) in [5, 5.41) is 9.45. The van der Waals surface area contributed by atoms with Crippen molar-refractivity contribution in [2.24, 2.45) is 0 Å². The Morgan fingerprint density at radius 1 is 1.19 bits per heavy atom. The van der Waals surface area contributed by atoms with Crippen molar-refractivity contribution in [3.05, 3.63) is 54.4 Å². The Bertz CT molecular complexity index is 451. The van der Waals surface area contributed by atoms with Crippen molar-refractivity contribution in [3.63, 3.8) is 0 Å². The van der Waals surface area contributed by atoms with E-state index in [0.29, 0.717) is 6.42 Å². The number of nitrogens with zero attached hydrogens (tertiary/aromatic N) is 1. The summed E-state index contributed by atoms with van der Waals surface area (Å²) in [7, 11) is 0. The van der Waals surface area contributed by atoms with Gasteiger partial charge in [0.2, 0.25) is 0 Å². The molecule has 2 nitrogen and oxygen atoms in total. The highest BCUT2D eigenvalue weighted by molar-refractivity contribution is 5.66. The molecule has 2 aromatic rings. The third-order valence-electron chi connectivity index (χ3n) is 2.50. The van der Waals surface area contributed by atoms with Crippen molar-refractivity contribution in [1.29, 1.82) is 0 Å². The molecule has 0 saturated carbocycles. The van der Waals surface area contributed by atoms with Crippen LogP contribution in [0.3, 0.4) is 0 Å². The molecule has 0 spiro atoms. The number of aliphatic hydroxyl groups is 1. The fraction of sp³-hybridized carbons (Fsp3) is 0.214. The van der Waals surface area contributed by atoms with Gasteiger partial charge in [-0.1, -0.05) is 30.3 Å². The molecular weight excluding hydrogens is 198 g/mol. The van der Waals surface area contributed by atoms with Crippen molar-refractivity contribution >= 4 is 0 Å². The first-order valence-corrected chi connectivity index (χ1v) is 5.44. The number of benzene rings is 1. The number of rotatable bonds is 3. The third-order valence-corrected chi connectivity index (χ3v) is 2.50. The van der Waals surface area contributed by atoms with Crippen molar-refractivity contribution in [1.82, 2.24) is 4.98 Å². The summed E-state index contributed by atoms with van der Waals surface area (Å²) < 4.78 is 0. The van der Waals surface area contributed by atoms with Gasteiger partial charge in [-0.05, 0) is 29.7 Å². The molecule has 0 aliphatic carbocycles. The van der Waals surface area contributed by atoms with Gasteiger partial charge in [-0.3, -0.25) is 4.98 Å². The average Bonchev–Trinajstić information content (AvgIpc) is 2.30. The number of hydrogen-bond acceptors (Lipinski definition) is 2. The summed E-state index contributed by atoms with van der Waals surface area (Å²) in [5.74, 6) is 0. The number of aliphatic hydroxyl groups excluding tert-OH is 1. The van der Waals surface area contributed by atoms with Gasteiger partial charge < -0.3 is 5.11 Å². The maximum atomic E-state index is 9.45. The summed E-state index contributed by atoms with van der Waals surface area (Å²) in [6, 6.07) is 12.2. The second kappa shape index (κ2) is 4.90. The Morgan fingerprint density at radius 2 is 1.94 bits per heavy atom. The molecule has 0 aliphatic rings. The van der Waals surface area contributed by atoms with Gasteiger partial charge in [-0.25, -0.2) is 0 Å². The Kier molecular flexibility index (Phi) is 3.32. The molecule has 16 heavy (non-hydrogen) atoms. The van der Waals surface area contributed by atoms with Gasteiger partial charge in [-0.2, -0.15) is 0 Å². The van der Waals surface area contributed by atoms with Gasteiger partial charge in [0.05, 0.1) is 6.10 Å². The zero-order chi connectivity index (χ0) is 11.4. The predicted molar refractivity (Wildman–Crippen MR) is 65.1 cm³/mol. The molecule has 0 radical (unpaired) electrons. The van der Waals surface area contributed by atoms with Gasteiger partial charge >= 0.3 is 0 Å². The molecule has 1 N–H and O–H groups in total. The highest BCUT2D eigenvalue weighted by atomic mass is 16.3. The van der Waals surface area contributed by atoms with Crippen LogP contribution >= 0.6 is 0 Å². The first kappa shape index (κ1) is 10.8. The lowest BCUT2D eigenvalue weighted by atomic mass is 9.98. The zero-order valence-corrected chi connectivity index (χ0v) is 9.30. The molecule has 0 bridgehead atoms. The molecule has 0 amide bonds. The quantitative estimate of drug-likeness (QED) is 0.850. The lowest BCUT2D eigenvalue weighted by Gasteiger charge is -2.10. The Balaban J connectivity index is 2.41. The number of aromatic nitrogens is 1. The SMILES string of the molecule is CC(O)Cc1cnccc1-c1ccccc1. The topological polar surface area (TPSA) is 33.1 Å². The van der Waals surface area contributed by atoms with Crippen LogP contribution in [0.25, 0.3) is 11.1 Å². The van der Waals surface area contributed by atoms with Gasteiger partial charge in [0.25, 0.3) is 0 Å². The maximum absolute atomic E-state index is 9.45. The molecule has 1 heterocycles. The summed E-state index contributed by atoms with van der Waals surface area (Å²) in [6.07, 6.45) is 3.91. The monoisotopic (exact) mass is 213 g/mol. The lowest BCUT2D eigenvalue weighted by Crippen LogP contribution is -2.05. The minimum absolute atomic E-state index is 0.341. The first-order chi connectivity index (χ1) is 7.77. The molecule has 1 unspecified atom stereocenters. The lowest BCUT2D eigenvalue weighted by molar-refractivity contribution is 0.195. The molecule has 1 atom stereocenters. The molecule has 2 heteroatoms. The molecule has 1 aromatic carbocycles. The van der Waals surface area contributed by atoms with E-state index >= 15 is 0 Å². The molecule has 2 rings (SSSR count). The molecule has 0 aliphatic heterocycles. The normalized spacial score (nSPS) is 12.4. The summed E-state index contributed by atoms with van der Waals surface area (Å²) in [5.41, 5.74) is 3.40. The molecule has 82 valence electrons. The van der Waals surface area contributed by atoms with Crippen molar-refractivity contribution in [2.75, 3.05) is 0 Å². The fourth-order valence-corrected chi connectivity index (χ4v) is 1.81. The van der Waals surface area contributed by atoms with Gasteiger partial charge in [0.1, 0.15) is 0 Å². The first-order valence-electron chi connectivity index (χ1n) is 5.44. The highest BCUT2D eigenvalue weighted by Gasteiger charge is 2.06. The summed E-state index contributed by atoms with van der Waals surface area (Å²) in [4.78, 5) is 4.11. The maximum Gasteiger partial charge on any atom is 0.0553 e. The second-order valence-corrected chi connectivity index (χ2v) is 3.95. The van der Waals surface area contributed by atoms with Gasteiger partial charge in [0, 0.05) is 18.8 Å².